The molecule has 3 aromatic rings. The number of hydrogen-bond donors (Lipinski definition) is 2. The smallest absolute Gasteiger partial charge is 0.255 e. The average Bonchev–Trinajstić information content (AvgIpc) is 2.73. The lowest BCUT2D eigenvalue weighted by Crippen LogP contribution is -2.23. The van der Waals surface area contributed by atoms with E-state index < -0.39 is 0 Å². The molecule has 148 valence electrons. The van der Waals surface area contributed by atoms with E-state index in [0.717, 1.165) is 5.69 Å². The van der Waals surface area contributed by atoms with Crippen LogP contribution in [0.3, 0.4) is 0 Å². The number of nitrogens with zero attached hydrogens (tertiary/aromatic N) is 1. The van der Waals surface area contributed by atoms with Crippen molar-refractivity contribution in [1.29, 1.82) is 0 Å². The second-order valence-corrected chi connectivity index (χ2v) is 6.75. The van der Waals surface area contributed by atoms with Crippen molar-refractivity contribution in [3.63, 3.8) is 0 Å². The summed E-state index contributed by atoms with van der Waals surface area (Å²) in [5.74, 6) is -0.959. The molecule has 0 heterocycles. The second kappa shape index (κ2) is 9.01. The van der Waals surface area contributed by atoms with Crippen LogP contribution in [0.15, 0.2) is 72.8 Å². The van der Waals surface area contributed by atoms with E-state index in [1.165, 1.54) is 6.07 Å². The maximum Gasteiger partial charge on any atom is 0.255 e. The fraction of sp³-hybridized carbons (Fsp3) is 0.130. The molecule has 0 bridgehead atoms. The number of carbonyl (C=O) groups excluding carboxylic acids is 2. The average molecular weight is 391 g/mol. The third kappa shape index (κ3) is 5.19. The zero-order chi connectivity index (χ0) is 20.8. The molecule has 5 nitrogen and oxygen atoms in total. The van der Waals surface area contributed by atoms with Crippen LogP contribution in [0.25, 0.3) is 0 Å². The molecule has 0 aliphatic heterocycles. The van der Waals surface area contributed by atoms with Gasteiger partial charge in [-0.1, -0.05) is 18.2 Å². The second-order valence-electron chi connectivity index (χ2n) is 6.75. The van der Waals surface area contributed by atoms with Crippen LogP contribution < -0.4 is 15.5 Å². The van der Waals surface area contributed by atoms with Gasteiger partial charge in [0.1, 0.15) is 5.82 Å². The Labute approximate surface area is 169 Å². The molecule has 3 aromatic carbocycles. The molecular formula is C23H22FN3O2. The van der Waals surface area contributed by atoms with Crippen molar-refractivity contribution in [1.82, 2.24) is 5.32 Å². The van der Waals surface area contributed by atoms with Crippen LogP contribution in [0.1, 0.15) is 26.3 Å². The lowest BCUT2D eigenvalue weighted by atomic mass is 10.1. The molecule has 0 aliphatic carbocycles. The quantitative estimate of drug-likeness (QED) is 0.666. The molecule has 0 saturated heterocycles. The van der Waals surface area contributed by atoms with Crippen LogP contribution >= 0.6 is 0 Å². The Kier molecular flexibility index (Phi) is 6.24. The van der Waals surface area contributed by atoms with Crippen molar-refractivity contribution < 1.29 is 14.0 Å². The summed E-state index contributed by atoms with van der Waals surface area (Å²) in [5.41, 5.74) is 2.97. The summed E-state index contributed by atoms with van der Waals surface area (Å²) in [6, 6.07) is 20.1. The third-order valence-corrected chi connectivity index (χ3v) is 4.45. The first-order chi connectivity index (χ1) is 13.9. The predicted octanol–water partition coefficient (Wildman–Crippen LogP) is 4.07. The highest BCUT2D eigenvalue weighted by Gasteiger charge is 2.10. The highest BCUT2D eigenvalue weighted by atomic mass is 19.1. The van der Waals surface area contributed by atoms with Crippen LogP contribution in [0.2, 0.25) is 0 Å². The van der Waals surface area contributed by atoms with Crippen LogP contribution in [-0.4, -0.2) is 25.9 Å². The summed E-state index contributed by atoms with van der Waals surface area (Å²) in [6.45, 7) is 0.0939. The van der Waals surface area contributed by atoms with Gasteiger partial charge in [-0.05, 0) is 54.6 Å². The number of amides is 2. The topological polar surface area (TPSA) is 61.4 Å². The van der Waals surface area contributed by atoms with Crippen molar-refractivity contribution in [2.75, 3.05) is 24.3 Å². The monoisotopic (exact) mass is 391 g/mol. The van der Waals surface area contributed by atoms with Gasteiger partial charge in [-0.15, -0.1) is 0 Å². The van der Waals surface area contributed by atoms with E-state index in [4.69, 9.17) is 0 Å². The van der Waals surface area contributed by atoms with Gasteiger partial charge in [0.15, 0.2) is 0 Å². The largest absolute Gasteiger partial charge is 0.378 e. The maximum atomic E-state index is 13.6. The molecule has 2 amide bonds. The first kappa shape index (κ1) is 20.1. The Morgan fingerprint density at radius 2 is 1.41 bits per heavy atom. The molecule has 0 fully saturated rings. The van der Waals surface area contributed by atoms with E-state index in [9.17, 15) is 14.0 Å². The summed E-state index contributed by atoms with van der Waals surface area (Å²) in [5, 5.41) is 5.50. The van der Waals surface area contributed by atoms with Crippen LogP contribution in [0.4, 0.5) is 15.8 Å². The molecule has 0 aliphatic rings. The number of anilines is 2. The van der Waals surface area contributed by atoms with Gasteiger partial charge in [0.25, 0.3) is 11.8 Å². The van der Waals surface area contributed by atoms with Crippen LogP contribution in [0.5, 0.6) is 0 Å². The van der Waals surface area contributed by atoms with Crippen molar-refractivity contribution in [3.05, 3.63) is 95.3 Å². The molecule has 6 heteroatoms. The summed E-state index contributed by atoms with van der Waals surface area (Å²) in [4.78, 5) is 26.6. The molecule has 0 spiro atoms. The minimum Gasteiger partial charge on any atom is -0.378 e. The van der Waals surface area contributed by atoms with E-state index in [1.54, 1.807) is 42.5 Å². The van der Waals surface area contributed by atoms with Crippen LogP contribution in [0, 0.1) is 5.82 Å². The van der Waals surface area contributed by atoms with Crippen molar-refractivity contribution in [3.8, 4) is 0 Å². The highest BCUT2D eigenvalue weighted by molar-refractivity contribution is 6.05. The first-order valence-electron chi connectivity index (χ1n) is 9.14. The zero-order valence-electron chi connectivity index (χ0n) is 16.3. The minimum atomic E-state index is -0.363. The Hall–Kier alpha value is -3.67. The standard InChI is InChI=1S/C23H22FN3O2/c1-27(2)20-13-11-19(12-14-20)26-23(29)17-9-7-16(8-10-17)22(28)25-15-18-5-3-4-6-21(18)24/h3-14H,15H2,1-2H3,(H,25,28)(H,26,29). The van der Waals surface area contributed by atoms with Gasteiger partial charge in [-0.25, -0.2) is 4.39 Å². The molecule has 0 radical (unpaired) electrons. The number of nitrogens with one attached hydrogen (secondary N) is 2. The lowest BCUT2D eigenvalue weighted by molar-refractivity contribution is 0.0948. The van der Waals surface area contributed by atoms with Gasteiger partial charge in [-0.3, -0.25) is 9.59 Å². The van der Waals surface area contributed by atoms with Gasteiger partial charge in [0.2, 0.25) is 0 Å². The summed E-state index contributed by atoms with van der Waals surface area (Å²) in [6.07, 6.45) is 0. The number of hydrogen-bond acceptors (Lipinski definition) is 3. The van der Waals surface area contributed by atoms with Gasteiger partial charge in [0, 0.05) is 48.7 Å². The van der Waals surface area contributed by atoms with E-state index in [0.29, 0.717) is 22.4 Å². The maximum absolute atomic E-state index is 13.6. The fourth-order valence-corrected chi connectivity index (χ4v) is 2.74. The predicted molar refractivity (Wildman–Crippen MR) is 113 cm³/mol. The van der Waals surface area contributed by atoms with Gasteiger partial charge in [-0.2, -0.15) is 0 Å². The van der Waals surface area contributed by atoms with Gasteiger partial charge >= 0.3 is 0 Å². The fourth-order valence-electron chi connectivity index (χ4n) is 2.74. The summed E-state index contributed by atoms with van der Waals surface area (Å²) >= 11 is 0. The molecule has 0 aromatic heterocycles. The van der Waals surface area contributed by atoms with Crippen molar-refractivity contribution in [2.24, 2.45) is 0 Å². The van der Waals surface area contributed by atoms with E-state index in [2.05, 4.69) is 10.6 Å². The Morgan fingerprint density at radius 1 is 0.828 bits per heavy atom. The number of halogens is 1. The zero-order valence-corrected chi connectivity index (χ0v) is 16.3. The lowest BCUT2D eigenvalue weighted by Gasteiger charge is -2.13. The number of benzene rings is 3. The molecule has 2 N–H and O–H groups in total. The molecule has 3 rings (SSSR count). The first-order valence-corrected chi connectivity index (χ1v) is 9.14. The van der Waals surface area contributed by atoms with Crippen molar-refractivity contribution >= 4 is 23.2 Å². The minimum absolute atomic E-state index is 0.0939. The normalized spacial score (nSPS) is 10.3. The molecular weight excluding hydrogens is 369 g/mol. The molecule has 0 saturated carbocycles. The summed E-state index contributed by atoms with van der Waals surface area (Å²) < 4.78 is 13.6. The number of rotatable bonds is 6. The molecule has 29 heavy (non-hydrogen) atoms. The SMILES string of the molecule is CN(C)c1ccc(NC(=O)c2ccc(C(=O)NCc3ccccc3F)cc2)cc1. The van der Waals surface area contributed by atoms with Crippen LogP contribution in [-0.2, 0) is 6.54 Å². The van der Waals surface area contributed by atoms with Gasteiger partial charge < -0.3 is 15.5 Å². The van der Waals surface area contributed by atoms with Crippen molar-refractivity contribution in [2.45, 2.75) is 6.54 Å². The Balaban J connectivity index is 1.59. The molecule has 0 unspecified atom stereocenters. The molecule has 0 atom stereocenters. The van der Waals surface area contributed by atoms with Gasteiger partial charge in [0.05, 0.1) is 0 Å². The Morgan fingerprint density at radius 3 is 2.00 bits per heavy atom. The highest BCUT2D eigenvalue weighted by Crippen LogP contribution is 2.17. The van der Waals surface area contributed by atoms with E-state index in [-0.39, 0.29) is 24.2 Å². The van der Waals surface area contributed by atoms with E-state index >= 15 is 0 Å². The summed E-state index contributed by atoms with van der Waals surface area (Å²) in [7, 11) is 3.89. The third-order valence-electron chi connectivity index (χ3n) is 4.45. The number of carbonyl (C=O) groups is 2. The van der Waals surface area contributed by atoms with E-state index in [1.807, 2.05) is 43.3 Å². The Bertz CT molecular complexity index is 999.